The normalized spacial score (nSPS) is 14.5. The Hall–Kier alpha value is -2.01. The van der Waals surface area contributed by atoms with Crippen LogP contribution < -0.4 is 4.72 Å². The first kappa shape index (κ1) is 12.7. The Labute approximate surface area is 127 Å². The van der Waals surface area contributed by atoms with Crippen LogP contribution in [0.5, 0.6) is 0 Å². The van der Waals surface area contributed by atoms with Gasteiger partial charge in [-0.15, -0.1) is 0 Å². The minimum atomic E-state index is 0.588. The third-order valence-electron chi connectivity index (χ3n) is 3.74. The predicted molar refractivity (Wildman–Crippen MR) is 88.4 cm³/mol. The lowest BCUT2D eigenvalue weighted by Crippen LogP contribution is -1.97. The van der Waals surface area contributed by atoms with Gasteiger partial charge >= 0.3 is 0 Å². The maximum Gasteiger partial charge on any atom is 0.142 e. The molecule has 0 saturated heterocycles. The van der Waals surface area contributed by atoms with Gasteiger partial charge in [-0.2, -0.15) is 0 Å². The number of nitrogens with one attached hydrogen (secondary N) is 1. The van der Waals surface area contributed by atoms with Crippen molar-refractivity contribution in [3.8, 4) is 11.4 Å². The molecule has 5 heteroatoms. The molecule has 2 heterocycles. The second-order valence-electron chi connectivity index (χ2n) is 5.29. The molecule has 4 nitrogen and oxygen atoms in total. The number of fused-ring (bicyclic) bond motifs is 1. The molecule has 0 radical (unpaired) electrons. The van der Waals surface area contributed by atoms with Crippen molar-refractivity contribution in [2.75, 3.05) is 11.0 Å². The highest BCUT2D eigenvalue weighted by molar-refractivity contribution is 7.99. The van der Waals surface area contributed by atoms with Crippen molar-refractivity contribution in [1.82, 2.24) is 14.5 Å². The van der Waals surface area contributed by atoms with Gasteiger partial charge in [0.2, 0.25) is 0 Å². The highest BCUT2D eigenvalue weighted by Crippen LogP contribution is 2.41. The molecular weight excluding hydrogens is 280 g/mol. The summed E-state index contributed by atoms with van der Waals surface area (Å²) >= 11 is 1.59. The Morgan fingerprint density at radius 2 is 2.19 bits per heavy atom. The molecule has 3 aromatic rings. The molecule has 0 amide bonds. The summed E-state index contributed by atoms with van der Waals surface area (Å²) in [6.45, 7) is 0. The fourth-order valence-corrected chi connectivity index (χ4v) is 3.04. The highest BCUT2D eigenvalue weighted by atomic mass is 32.2. The average Bonchev–Trinajstić information content (AvgIpc) is 3.29. The molecule has 1 aromatic carbocycles. The van der Waals surface area contributed by atoms with Crippen LogP contribution in [0.15, 0.2) is 42.7 Å². The first-order valence-corrected chi connectivity index (χ1v) is 8.30. The number of anilines is 1. The smallest absolute Gasteiger partial charge is 0.142 e. The van der Waals surface area contributed by atoms with E-state index in [0.29, 0.717) is 6.04 Å². The zero-order valence-corrected chi connectivity index (χ0v) is 12.6. The Bertz CT molecular complexity index is 778. The standard InChI is InChI=1S/C16H16N4S/c1-21-19-12-4-7-15-14(9-12)18-16(20(15)13-5-6-13)11-3-2-8-17-10-11/h2-4,7-10,13,19H,5-6H2,1H3. The Kier molecular flexibility index (Phi) is 3.07. The molecule has 1 fully saturated rings. The summed E-state index contributed by atoms with van der Waals surface area (Å²) in [5, 5.41) is 0. The SMILES string of the molecule is CSNc1ccc2c(c1)nc(-c1cccnc1)n2C1CC1. The first-order chi connectivity index (χ1) is 10.4. The summed E-state index contributed by atoms with van der Waals surface area (Å²) in [6, 6.07) is 11.0. The van der Waals surface area contributed by atoms with Crippen molar-refractivity contribution >= 4 is 28.7 Å². The summed E-state index contributed by atoms with van der Waals surface area (Å²) in [5.41, 5.74) is 4.43. The largest absolute Gasteiger partial charge is 0.330 e. The van der Waals surface area contributed by atoms with Crippen LogP contribution in [0.4, 0.5) is 5.69 Å². The van der Waals surface area contributed by atoms with Crippen molar-refractivity contribution in [2.24, 2.45) is 0 Å². The summed E-state index contributed by atoms with van der Waals surface area (Å²) in [6.07, 6.45) is 8.19. The van der Waals surface area contributed by atoms with E-state index >= 15 is 0 Å². The second kappa shape index (κ2) is 5.07. The number of hydrogen-bond acceptors (Lipinski definition) is 4. The fraction of sp³-hybridized carbons (Fsp3) is 0.250. The van der Waals surface area contributed by atoms with Crippen molar-refractivity contribution in [2.45, 2.75) is 18.9 Å². The third-order valence-corrected chi connectivity index (χ3v) is 4.18. The highest BCUT2D eigenvalue weighted by Gasteiger charge is 2.28. The zero-order chi connectivity index (χ0) is 14.2. The number of pyridine rings is 1. The lowest BCUT2D eigenvalue weighted by atomic mass is 10.2. The molecule has 0 unspecified atom stereocenters. The van der Waals surface area contributed by atoms with Crippen LogP contribution in [0.2, 0.25) is 0 Å². The van der Waals surface area contributed by atoms with Crippen molar-refractivity contribution in [3.05, 3.63) is 42.7 Å². The molecule has 0 atom stereocenters. The summed E-state index contributed by atoms with van der Waals surface area (Å²) < 4.78 is 5.64. The molecule has 0 bridgehead atoms. The number of aromatic nitrogens is 3. The van der Waals surface area contributed by atoms with E-state index in [1.165, 1.54) is 18.4 Å². The molecule has 0 spiro atoms. The fourth-order valence-electron chi connectivity index (χ4n) is 2.68. The van der Waals surface area contributed by atoms with Gasteiger partial charge in [-0.1, -0.05) is 11.9 Å². The van der Waals surface area contributed by atoms with Crippen LogP contribution in [0, 0.1) is 0 Å². The minimum absolute atomic E-state index is 0.588. The van der Waals surface area contributed by atoms with E-state index in [2.05, 4.69) is 38.5 Å². The van der Waals surface area contributed by atoms with Crippen LogP contribution in [-0.2, 0) is 0 Å². The lowest BCUT2D eigenvalue weighted by molar-refractivity contribution is 0.775. The third kappa shape index (κ3) is 2.27. The van der Waals surface area contributed by atoms with Crippen LogP contribution in [0.3, 0.4) is 0 Å². The molecule has 4 rings (SSSR count). The molecule has 1 N–H and O–H groups in total. The van der Waals surface area contributed by atoms with Crippen LogP contribution in [0.1, 0.15) is 18.9 Å². The van der Waals surface area contributed by atoms with Gasteiger partial charge in [-0.3, -0.25) is 4.98 Å². The number of rotatable bonds is 4. The van der Waals surface area contributed by atoms with Gasteiger partial charge in [-0.25, -0.2) is 4.98 Å². The predicted octanol–water partition coefficient (Wildman–Crippen LogP) is 4.12. The Balaban J connectivity index is 1.91. The average molecular weight is 296 g/mol. The van der Waals surface area contributed by atoms with Gasteiger partial charge in [0.25, 0.3) is 0 Å². The summed E-state index contributed by atoms with van der Waals surface area (Å²) in [5.74, 6) is 1.03. The molecule has 1 aliphatic rings. The van der Waals surface area contributed by atoms with Crippen molar-refractivity contribution in [3.63, 3.8) is 0 Å². The Morgan fingerprint density at radius 1 is 1.29 bits per heavy atom. The maximum absolute atomic E-state index is 4.86. The van der Waals surface area contributed by atoms with E-state index in [-0.39, 0.29) is 0 Å². The van der Waals surface area contributed by atoms with E-state index in [0.717, 1.165) is 22.6 Å². The van der Waals surface area contributed by atoms with Crippen molar-refractivity contribution in [1.29, 1.82) is 0 Å². The van der Waals surface area contributed by atoms with E-state index in [1.54, 1.807) is 18.1 Å². The molecule has 1 aliphatic carbocycles. The summed E-state index contributed by atoms with van der Waals surface area (Å²) in [7, 11) is 0. The van der Waals surface area contributed by atoms with Crippen molar-refractivity contribution < 1.29 is 0 Å². The number of nitrogens with zero attached hydrogens (tertiary/aromatic N) is 3. The quantitative estimate of drug-likeness (QED) is 0.735. The molecule has 0 aliphatic heterocycles. The summed E-state index contributed by atoms with van der Waals surface area (Å²) in [4.78, 5) is 9.09. The Morgan fingerprint density at radius 3 is 2.90 bits per heavy atom. The van der Waals surface area contributed by atoms with E-state index < -0.39 is 0 Å². The number of hydrogen-bond donors (Lipinski definition) is 1. The maximum atomic E-state index is 4.86. The van der Waals surface area contributed by atoms with Gasteiger partial charge in [0.1, 0.15) is 5.82 Å². The molecule has 1 saturated carbocycles. The van der Waals surface area contributed by atoms with Crippen LogP contribution in [-0.4, -0.2) is 20.8 Å². The van der Waals surface area contributed by atoms with Gasteiger partial charge in [-0.05, 0) is 43.2 Å². The molecular formula is C16H16N4S. The van der Waals surface area contributed by atoms with E-state index in [9.17, 15) is 0 Å². The van der Waals surface area contributed by atoms with Crippen LogP contribution in [0.25, 0.3) is 22.4 Å². The topological polar surface area (TPSA) is 42.7 Å². The molecule has 2 aromatic heterocycles. The van der Waals surface area contributed by atoms with Crippen LogP contribution >= 0.6 is 11.9 Å². The second-order valence-corrected chi connectivity index (χ2v) is 5.90. The number of imidazole rings is 1. The van der Waals surface area contributed by atoms with Gasteiger partial charge in [0.15, 0.2) is 0 Å². The van der Waals surface area contributed by atoms with E-state index in [1.807, 2.05) is 18.5 Å². The zero-order valence-electron chi connectivity index (χ0n) is 11.8. The molecule has 21 heavy (non-hydrogen) atoms. The first-order valence-electron chi connectivity index (χ1n) is 7.08. The monoisotopic (exact) mass is 296 g/mol. The van der Waals surface area contributed by atoms with Gasteiger partial charge in [0, 0.05) is 35.9 Å². The molecule has 106 valence electrons. The van der Waals surface area contributed by atoms with Gasteiger partial charge in [0.05, 0.1) is 11.0 Å². The van der Waals surface area contributed by atoms with E-state index in [4.69, 9.17) is 4.98 Å². The minimum Gasteiger partial charge on any atom is -0.330 e. The van der Waals surface area contributed by atoms with Gasteiger partial charge < -0.3 is 9.29 Å². The lowest BCUT2D eigenvalue weighted by Gasteiger charge is -2.07. The number of benzene rings is 1.